The summed E-state index contributed by atoms with van der Waals surface area (Å²) in [7, 11) is 0. The summed E-state index contributed by atoms with van der Waals surface area (Å²) >= 11 is 0. The van der Waals surface area contributed by atoms with Crippen LogP contribution in [0.5, 0.6) is 0 Å². The molecule has 0 saturated carbocycles. The second-order valence-electron chi connectivity index (χ2n) is 8.88. The van der Waals surface area contributed by atoms with Gasteiger partial charge in [0.25, 0.3) is 0 Å². The highest BCUT2D eigenvalue weighted by molar-refractivity contribution is 5.67. The third-order valence-electron chi connectivity index (χ3n) is 6.62. The van der Waals surface area contributed by atoms with E-state index in [2.05, 4.69) is 98.6 Å². The van der Waals surface area contributed by atoms with Crippen LogP contribution in [0, 0.1) is 27.7 Å². The number of nitrogens with zero attached hydrogens (tertiary/aromatic N) is 1. The lowest BCUT2D eigenvalue weighted by molar-refractivity contribution is 0.428. The van der Waals surface area contributed by atoms with Gasteiger partial charge in [-0.3, -0.25) is 0 Å². The average molecular weight is 399 g/mol. The molecule has 30 heavy (non-hydrogen) atoms. The van der Waals surface area contributed by atoms with Crippen LogP contribution in [-0.2, 0) is 6.54 Å². The van der Waals surface area contributed by atoms with Crippen LogP contribution < -0.4 is 10.2 Å². The first kappa shape index (κ1) is 20.7. The van der Waals surface area contributed by atoms with Gasteiger partial charge in [0.1, 0.15) is 0 Å². The zero-order chi connectivity index (χ0) is 21.1. The predicted molar refractivity (Wildman–Crippen MR) is 129 cm³/mol. The SMILES string of the molecule is Cc1cccc(N(Cc2cccc(-c3cc(C)c(C)c(C)c3)c2)C2CCNCC2)c1. The molecule has 2 heteroatoms. The zero-order valence-electron chi connectivity index (χ0n) is 18.8. The molecule has 0 atom stereocenters. The summed E-state index contributed by atoms with van der Waals surface area (Å²) in [6, 6.07) is 23.3. The first-order valence-corrected chi connectivity index (χ1v) is 11.2. The fourth-order valence-electron chi connectivity index (χ4n) is 4.60. The summed E-state index contributed by atoms with van der Waals surface area (Å²) in [5, 5.41) is 3.52. The van der Waals surface area contributed by atoms with E-state index < -0.39 is 0 Å². The second kappa shape index (κ2) is 9.06. The van der Waals surface area contributed by atoms with Crippen LogP contribution in [-0.4, -0.2) is 19.1 Å². The molecule has 1 fully saturated rings. The fraction of sp³-hybridized carbons (Fsp3) is 0.357. The van der Waals surface area contributed by atoms with Crippen LogP contribution in [0.4, 0.5) is 5.69 Å². The van der Waals surface area contributed by atoms with Crippen molar-refractivity contribution in [1.82, 2.24) is 5.32 Å². The van der Waals surface area contributed by atoms with Crippen molar-refractivity contribution in [3.05, 3.63) is 88.5 Å². The van der Waals surface area contributed by atoms with E-state index in [1.54, 1.807) is 0 Å². The number of nitrogens with one attached hydrogen (secondary N) is 1. The third kappa shape index (κ3) is 4.60. The zero-order valence-corrected chi connectivity index (χ0v) is 18.8. The van der Waals surface area contributed by atoms with E-state index in [1.807, 2.05) is 0 Å². The van der Waals surface area contributed by atoms with E-state index in [0.717, 1.165) is 19.6 Å². The summed E-state index contributed by atoms with van der Waals surface area (Å²) in [4.78, 5) is 2.62. The maximum Gasteiger partial charge on any atom is 0.0432 e. The lowest BCUT2D eigenvalue weighted by Gasteiger charge is -2.37. The number of rotatable bonds is 5. The Bertz CT molecular complexity index is 992. The average Bonchev–Trinajstić information content (AvgIpc) is 2.76. The standard InChI is InChI=1S/C28H34N2/c1-20-7-5-10-28(15-20)30(27-11-13-29-14-12-27)19-24-8-6-9-25(18-24)26-16-21(2)23(4)22(3)17-26/h5-10,15-18,27,29H,11-14,19H2,1-4H3. The van der Waals surface area contributed by atoms with Crippen molar-refractivity contribution in [2.24, 2.45) is 0 Å². The van der Waals surface area contributed by atoms with E-state index in [0.29, 0.717) is 6.04 Å². The number of anilines is 1. The van der Waals surface area contributed by atoms with Crippen molar-refractivity contribution in [2.75, 3.05) is 18.0 Å². The Morgan fingerprint density at radius 2 is 1.50 bits per heavy atom. The minimum Gasteiger partial charge on any atom is -0.364 e. The van der Waals surface area contributed by atoms with Crippen LogP contribution in [0.2, 0.25) is 0 Å². The molecule has 1 heterocycles. The Morgan fingerprint density at radius 3 is 2.20 bits per heavy atom. The van der Waals surface area contributed by atoms with Gasteiger partial charge >= 0.3 is 0 Å². The molecular formula is C28H34N2. The first-order valence-electron chi connectivity index (χ1n) is 11.2. The minimum absolute atomic E-state index is 0.584. The van der Waals surface area contributed by atoms with Crippen LogP contribution in [0.25, 0.3) is 11.1 Å². The van der Waals surface area contributed by atoms with E-state index in [4.69, 9.17) is 0 Å². The number of aryl methyl sites for hydroxylation is 3. The molecule has 156 valence electrons. The molecule has 0 aliphatic carbocycles. The van der Waals surface area contributed by atoms with E-state index in [9.17, 15) is 0 Å². The van der Waals surface area contributed by atoms with Crippen molar-refractivity contribution >= 4 is 5.69 Å². The highest BCUT2D eigenvalue weighted by Gasteiger charge is 2.22. The number of hydrogen-bond acceptors (Lipinski definition) is 2. The number of benzene rings is 3. The second-order valence-corrected chi connectivity index (χ2v) is 8.88. The van der Waals surface area contributed by atoms with Gasteiger partial charge in [-0.05, 0) is 111 Å². The first-order chi connectivity index (χ1) is 14.5. The van der Waals surface area contributed by atoms with Crippen LogP contribution in [0.1, 0.15) is 40.7 Å². The molecule has 3 aromatic carbocycles. The Balaban J connectivity index is 1.66. The molecule has 3 aromatic rings. The lowest BCUT2D eigenvalue weighted by atomic mass is 9.95. The van der Waals surface area contributed by atoms with Crippen LogP contribution in [0.15, 0.2) is 60.7 Å². The summed E-state index contributed by atoms with van der Waals surface area (Å²) in [6.45, 7) is 12.0. The maximum absolute atomic E-state index is 3.52. The smallest absolute Gasteiger partial charge is 0.0432 e. The summed E-state index contributed by atoms with van der Waals surface area (Å²) in [5.74, 6) is 0. The molecule has 4 rings (SSSR count). The van der Waals surface area contributed by atoms with Crippen molar-refractivity contribution in [3.8, 4) is 11.1 Å². The van der Waals surface area contributed by atoms with Crippen molar-refractivity contribution < 1.29 is 0 Å². The van der Waals surface area contributed by atoms with Gasteiger partial charge in [0.2, 0.25) is 0 Å². The fourth-order valence-corrected chi connectivity index (χ4v) is 4.60. The van der Waals surface area contributed by atoms with E-state index in [-0.39, 0.29) is 0 Å². The minimum atomic E-state index is 0.584. The molecule has 1 saturated heterocycles. The van der Waals surface area contributed by atoms with Crippen molar-refractivity contribution in [2.45, 2.75) is 53.1 Å². The molecule has 0 radical (unpaired) electrons. The Hall–Kier alpha value is -2.58. The van der Waals surface area contributed by atoms with Crippen molar-refractivity contribution in [3.63, 3.8) is 0 Å². The maximum atomic E-state index is 3.52. The quantitative estimate of drug-likeness (QED) is 0.539. The van der Waals surface area contributed by atoms with E-state index in [1.165, 1.54) is 57.5 Å². The number of piperidine rings is 1. The topological polar surface area (TPSA) is 15.3 Å². The molecule has 0 amide bonds. The molecule has 0 bridgehead atoms. The molecule has 0 spiro atoms. The van der Waals surface area contributed by atoms with Gasteiger partial charge in [-0.2, -0.15) is 0 Å². The van der Waals surface area contributed by atoms with Gasteiger partial charge in [-0.1, -0.05) is 42.5 Å². The Kier molecular flexibility index (Phi) is 6.24. The van der Waals surface area contributed by atoms with Crippen LogP contribution >= 0.6 is 0 Å². The highest BCUT2D eigenvalue weighted by atomic mass is 15.2. The summed E-state index contributed by atoms with van der Waals surface area (Å²) in [5.41, 5.74) is 10.8. The summed E-state index contributed by atoms with van der Waals surface area (Å²) < 4.78 is 0. The van der Waals surface area contributed by atoms with Crippen molar-refractivity contribution in [1.29, 1.82) is 0 Å². The molecular weight excluding hydrogens is 364 g/mol. The normalized spacial score (nSPS) is 14.7. The summed E-state index contributed by atoms with van der Waals surface area (Å²) in [6.07, 6.45) is 2.40. The van der Waals surface area contributed by atoms with Gasteiger partial charge in [-0.25, -0.2) is 0 Å². The largest absolute Gasteiger partial charge is 0.364 e. The molecule has 1 aliphatic heterocycles. The Labute approximate surface area is 181 Å². The van der Waals surface area contributed by atoms with E-state index >= 15 is 0 Å². The highest BCUT2D eigenvalue weighted by Crippen LogP contribution is 2.29. The monoisotopic (exact) mass is 398 g/mol. The van der Waals surface area contributed by atoms with Gasteiger partial charge in [-0.15, -0.1) is 0 Å². The Morgan fingerprint density at radius 1 is 0.800 bits per heavy atom. The molecule has 0 unspecified atom stereocenters. The van der Waals surface area contributed by atoms with Gasteiger partial charge in [0.15, 0.2) is 0 Å². The predicted octanol–water partition coefficient (Wildman–Crippen LogP) is 6.35. The number of hydrogen-bond donors (Lipinski definition) is 1. The van der Waals surface area contributed by atoms with Crippen LogP contribution in [0.3, 0.4) is 0 Å². The molecule has 2 nitrogen and oxygen atoms in total. The van der Waals surface area contributed by atoms with Gasteiger partial charge in [0.05, 0.1) is 0 Å². The van der Waals surface area contributed by atoms with Gasteiger partial charge < -0.3 is 10.2 Å². The third-order valence-corrected chi connectivity index (χ3v) is 6.62. The molecule has 1 aliphatic rings. The molecule has 0 aromatic heterocycles. The van der Waals surface area contributed by atoms with Gasteiger partial charge in [0, 0.05) is 18.3 Å². The lowest BCUT2D eigenvalue weighted by Crippen LogP contribution is -2.43. The molecule has 1 N–H and O–H groups in total.